The average molecular weight is 307 g/mol. The molecule has 0 saturated carbocycles. The van der Waals surface area contributed by atoms with Crippen LogP contribution in [0.5, 0.6) is 5.75 Å². The Morgan fingerprint density at radius 2 is 1.86 bits per heavy atom. The van der Waals surface area contributed by atoms with E-state index in [2.05, 4.69) is 0 Å². The Labute approximate surface area is 127 Å². The summed E-state index contributed by atoms with van der Waals surface area (Å²) in [6, 6.07) is 12.4. The van der Waals surface area contributed by atoms with Gasteiger partial charge in [0.1, 0.15) is 11.3 Å². The molecule has 0 aliphatic carbocycles. The monoisotopic (exact) mass is 306 g/mol. The minimum atomic E-state index is -1.02. The van der Waals surface area contributed by atoms with Crippen LogP contribution in [0.15, 0.2) is 42.5 Å². The van der Waals surface area contributed by atoms with Crippen molar-refractivity contribution in [1.29, 1.82) is 0 Å². The van der Waals surface area contributed by atoms with Crippen LogP contribution in [0.2, 0.25) is 5.02 Å². The Balaban J connectivity index is 2.00. The molecule has 0 aliphatic heterocycles. The molecule has 0 heterocycles. The van der Waals surface area contributed by atoms with E-state index in [1.807, 2.05) is 18.2 Å². The quantitative estimate of drug-likeness (QED) is 0.882. The number of carboxylic acids is 1. The highest BCUT2D eigenvalue weighted by atomic mass is 35.5. The smallest absolute Gasteiger partial charge is 0.339 e. The molecule has 0 amide bonds. The molecule has 5 heteroatoms. The topological polar surface area (TPSA) is 55.8 Å². The fraction of sp³-hybridized carbons (Fsp3) is 0.188. The first kappa shape index (κ1) is 15.4. The van der Waals surface area contributed by atoms with E-state index < -0.39 is 5.97 Å². The molecular formula is C16H15ClO4. The maximum absolute atomic E-state index is 11.1. The lowest BCUT2D eigenvalue weighted by atomic mass is 10.1. The first-order chi connectivity index (χ1) is 10.1. The highest BCUT2D eigenvalue weighted by Crippen LogP contribution is 2.20. The summed E-state index contributed by atoms with van der Waals surface area (Å²) in [6.45, 7) is 0.728. The van der Waals surface area contributed by atoms with Gasteiger partial charge in [0.15, 0.2) is 0 Å². The van der Waals surface area contributed by atoms with Crippen LogP contribution < -0.4 is 4.74 Å². The van der Waals surface area contributed by atoms with Crippen LogP contribution >= 0.6 is 11.6 Å². The standard InChI is InChI=1S/C16H15ClO4/c1-20-15-6-5-12(8-14(15)16(18)19)10-21-9-11-3-2-4-13(17)7-11/h2-8H,9-10H2,1H3,(H,18,19). The third-order valence-corrected chi connectivity index (χ3v) is 3.16. The van der Waals surface area contributed by atoms with Gasteiger partial charge in [0.25, 0.3) is 0 Å². The van der Waals surface area contributed by atoms with E-state index in [-0.39, 0.29) is 5.56 Å². The summed E-state index contributed by atoms with van der Waals surface area (Å²) in [5.74, 6) is -0.690. The molecule has 0 aromatic heterocycles. The number of rotatable bonds is 6. The molecule has 0 unspecified atom stereocenters. The first-order valence-corrected chi connectivity index (χ1v) is 6.70. The van der Waals surface area contributed by atoms with Crippen LogP contribution in [0.25, 0.3) is 0 Å². The molecule has 0 atom stereocenters. The van der Waals surface area contributed by atoms with Crippen LogP contribution in [-0.4, -0.2) is 18.2 Å². The Kier molecular flexibility index (Phi) is 5.20. The van der Waals surface area contributed by atoms with Crippen LogP contribution in [0.1, 0.15) is 21.5 Å². The fourth-order valence-corrected chi connectivity index (χ4v) is 2.14. The number of ether oxygens (including phenoxy) is 2. The number of halogens is 1. The van der Waals surface area contributed by atoms with Gasteiger partial charge < -0.3 is 14.6 Å². The number of hydrogen-bond acceptors (Lipinski definition) is 3. The second-order valence-electron chi connectivity index (χ2n) is 4.46. The van der Waals surface area contributed by atoms with Crippen LogP contribution in [0.3, 0.4) is 0 Å². The first-order valence-electron chi connectivity index (χ1n) is 6.32. The predicted molar refractivity (Wildman–Crippen MR) is 79.9 cm³/mol. The van der Waals surface area contributed by atoms with E-state index in [1.54, 1.807) is 24.3 Å². The SMILES string of the molecule is COc1ccc(COCc2cccc(Cl)c2)cc1C(=O)O. The van der Waals surface area contributed by atoms with Crippen molar-refractivity contribution in [3.63, 3.8) is 0 Å². The van der Waals surface area contributed by atoms with Gasteiger partial charge in [-0.05, 0) is 35.4 Å². The molecule has 0 saturated heterocycles. The zero-order valence-corrected chi connectivity index (χ0v) is 12.3. The van der Waals surface area contributed by atoms with Gasteiger partial charge in [-0.3, -0.25) is 0 Å². The van der Waals surface area contributed by atoms with Gasteiger partial charge in [-0.2, -0.15) is 0 Å². The molecule has 2 aromatic carbocycles. The minimum absolute atomic E-state index is 0.126. The normalized spacial score (nSPS) is 10.4. The summed E-state index contributed by atoms with van der Waals surface area (Å²) in [6.07, 6.45) is 0. The molecule has 2 aromatic rings. The molecule has 1 N–H and O–H groups in total. The van der Waals surface area contributed by atoms with Crippen molar-refractivity contribution >= 4 is 17.6 Å². The van der Waals surface area contributed by atoms with Crippen LogP contribution in [0.4, 0.5) is 0 Å². The molecule has 0 spiro atoms. The summed E-state index contributed by atoms with van der Waals surface area (Å²) < 4.78 is 10.6. The maximum Gasteiger partial charge on any atom is 0.339 e. The van der Waals surface area contributed by atoms with Crippen LogP contribution in [-0.2, 0) is 18.0 Å². The lowest BCUT2D eigenvalue weighted by Crippen LogP contribution is -2.02. The second kappa shape index (κ2) is 7.11. The molecule has 110 valence electrons. The van der Waals surface area contributed by atoms with Gasteiger partial charge >= 0.3 is 5.97 Å². The molecular weight excluding hydrogens is 292 g/mol. The Morgan fingerprint density at radius 1 is 1.14 bits per heavy atom. The van der Waals surface area contributed by atoms with E-state index in [4.69, 9.17) is 26.2 Å². The van der Waals surface area contributed by atoms with E-state index >= 15 is 0 Å². The van der Waals surface area contributed by atoms with Gasteiger partial charge in [-0.25, -0.2) is 4.79 Å². The lowest BCUT2D eigenvalue weighted by molar-refractivity contribution is 0.0692. The molecule has 0 radical (unpaired) electrons. The third-order valence-electron chi connectivity index (χ3n) is 2.92. The van der Waals surface area contributed by atoms with E-state index in [0.717, 1.165) is 11.1 Å². The summed E-state index contributed by atoms with van der Waals surface area (Å²) in [5.41, 5.74) is 1.87. The zero-order valence-electron chi connectivity index (χ0n) is 11.5. The second-order valence-corrected chi connectivity index (χ2v) is 4.90. The fourth-order valence-electron chi connectivity index (χ4n) is 1.93. The Hall–Kier alpha value is -2.04. The molecule has 2 rings (SSSR count). The van der Waals surface area contributed by atoms with Crippen molar-refractivity contribution in [2.24, 2.45) is 0 Å². The highest BCUT2D eigenvalue weighted by Gasteiger charge is 2.11. The van der Waals surface area contributed by atoms with Gasteiger partial charge in [-0.15, -0.1) is 0 Å². The van der Waals surface area contributed by atoms with Crippen molar-refractivity contribution in [3.05, 3.63) is 64.2 Å². The third kappa shape index (κ3) is 4.21. The molecule has 0 aliphatic rings. The number of hydrogen-bond donors (Lipinski definition) is 1. The summed E-state index contributed by atoms with van der Waals surface area (Å²) in [4.78, 5) is 11.1. The molecule has 4 nitrogen and oxygen atoms in total. The van der Waals surface area contributed by atoms with Gasteiger partial charge in [-0.1, -0.05) is 29.8 Å². The Bertz CT molecular complexity index is 640. The van der Waals surface area contributed by atoms with Gasteiger partial charge in [0.05, 0.1) is 20.3 Å². The van der Waals surface area contributed by atoms with Crippen molar-refractivity contribution in [1.82, 2.24) is 0 Å². The van der Waals surface area contributed by atoms with Crippen molar-refractivity contribution in [3.8, 4) is 5.75 Å². The summed E-state index contributed by atoms with van der Waals surface area (Å²) >= 11 is 5.90. The highest BCUT2D eigenvalue weighted by molar-refractivity contribution is 6.30. The van der Waals surface area contributed by atoms with Gasteiger partial charge in [0.2, 0.25) is 0 Å². The zero-order chi connectivity index (χ0) is 15.2. The average Bonchev–Trinajstić information content (AvgIpc) is 2.47. The van der Waals surface area contributed by atoms with Crippen molar-refractivity contribution < 1.29 is 19.4 Å². The van der Waals surface area contributed by atoms with Crippen molar-refractivity contribution in [2.75, 3.05) is 7.11 Å². The number of carbonyl (C=O) groups is 1. The maximum atomic E-state index is 11.1. The number of benzene rings is 2. The lowest BCUT2D eigenvalue weighted by Gasteiger charge is -2.09. The van der Waals surface area contributed by atoms with Crippen molar-refractivity contribution in [2.45, 2.75) is 13.2 Å². The van der Waals surface area contributed by atoms with E-state index in [0.29, 0.717) is 24.0 Å². The molecule has 0 fully saturated rings. The van der Waals surface area contributed by atoms with E-state index in [9.17, 15) is 4.79 Å². The Morgan fingerprint density at radius 3 is 2.48 bits per heavy atom. The largest absolute Gasteiger partial charge is 0.496 e. The number of carboxylic acid groups (broad SMARTS) is 1. The molecule has 21 heavy (non-hydrogen) atoms. The molecule has 0 bridgehead atoms. The minimum Gasteiger partial charge on any atom is -0.496 e. The number of aromatic carboxylic acids is 1. The van der Waals surface area contributed by atoms with Gasteiger partial charge in [0, 0.05) is 5.02 Å². The number of methoxy groups -OCH3 is 1. The van der Waals surface area contributed by atoms with Crippen LogP contribution in [0, 0.1) is 0 Å². The predicted octanol–water partition coefficient (Wildman–Crippen LogP) is 3.76. The summed E-state index contributed by atoms with van der Waals surface area (Å²) in [7, 11) is 1.44. The summed E-state index contributed by atoms with van der Waals surface area (Å²) in [5, 5.41) is 9.78. The van der Waals surface area contributed by atoms with E-state index in [1.165, 1.54) is 7.11 Å².